The molecular formula is C19H23N3O5. The Balaban J connectivity index is 1.63. The minimum absolute atomic E-state index is 0.257. The lowest BCUT2D eigenvalue weighted by Crippen LogP contribution is -2.43. The van der Waals surface area contributed by atoms with Gasteiger partial charge in [0.1, 0.15) is 12.1 Å². The van der Waals surface area contributed by atoms with Gasteiger partial charge < -0.3 is 15.0 Å². The molecule has 1 aromatic carbocycles. The summed E-state index contributed by atoms with van der Waals surface area (Å²) in [6.07, 6.45) is 0.928. The van der Waals surface area contributed by atoms with Crippen molar-refractivity contribution >= 4 is 23.8 Å². The Morgan fingerprint density at radius 2 is 1.81 bits per heavy atom. The van der Waals surface area contributed by atoms with Gasteiger partial charge in [0, 0.05) is 13.1 Å². The zero-order valence-corrected chi connectivity index (χ0v) is 15.4. The smallest absolute Gasteiger partial charge is 0.327 e. The molecule has 2 fully saturated rings. The zero-order chi connectivity index (χ0) is 19.6. The second-order valence-corrected chi connectivity index (χ2v) is 6.98. The molecule has 0 spiro atoms. The van der Waals surface area contributed by atoms with Crippen molar-refractivity contribution in [3.8, 4) is 0 Å². The highest BCUT2D eigenvalue weighted by Gasteiger charge is 2.49. The Kier molecular flexibility index (Phi) is 5.16. The van der Waals surface area contributed by atoms with Crippen LogP contribution in [-0.2, 0) is 24.7 Å². The van der Waals surface area contributed by atoms with Gasteiger partial charge in [0.25, 0.3) is 11.8 Å². The van der Waals surface area contributed by atoms with E-state index in [0.29, 0.717) is 18.7 Å². The first-order valence-electron chi connectivity index (χ1n) is 9.01. The third kappa shape index (κ3) is 3.65. The van der Waals surface area contributed by atoms with E-state index in [1.807, 2.05) is 6.07 Å². The van der Waals surface area contributed by atoms with Crippen molar-refractivity contribution in [1.29, 1.82) is 0 Å². The topological polar surface area (TPSA) is 96.0 Å². The van der Waals surface area contributed by atoms with Crippen LogP contribution in [0.1, 0.15) is 32.3 Å². The lowest BCUT2D eigenvalue weighted by Gasteiger charge is -2.23. The van der Waals surface area contributed by atoms with Crippen molar-refractivity contribution in [2.24, 2.45) is 0 Å². The van der Waals surface area contributed by atoms with Crippen LogP contribution in [0.2, 0.25) is 0 Å². The number of imide groups is 1. The van der Waals surface area contributed by atoms with Gasteiger partial charge in [-0.25, -0.2) is 4.79 Å². The van der Waals surface area contributed by atoms with E-state index in [1.165, 1.54) is 6.92 Å². The quantitative estimate of drug-likeness (QED) is 0.614. The third-order valence-electron chi connectivity index (χ3n) is 4.99. The number of urea groups is 1. The first-order valence-corrected chi connectivity index (χ1v) is 9.01. The summed E-state index contributed by atoms with van der Waals surface area (Å²) in [6, 6.07) is 8.14. The van der Waals surface area contributed by atoms with E-state index in [0.717, 1.165) is 17.7 Å². The molecule has 2 heterocycles. The molecule has 2 aliphatic heterocycles. The summed E-state index contributed by atoms with van der Waals surface area (Å²) in [5.74, 6) is -1.59. The zero-order valence-electron chi connectivity index (χ0n) is 15.4. The summed E-state index contributed by atoms with van der Waals surface area (Å²) >= 11 is 0. The molecule has 8 heteroatoms. The largest absolute Gasteiger partial charge is 0.451 e. The second-order valence-electron chi connectivity index (χ2n) is 6.98. The highest BCUT2D eigenvalue weighted by atomic mass is 16.5. The van der Waals surface area contributed by atoms with Gasteiger partial charge in [0.2, 0.25) is 0 Å². The second kappa shape index (κ2) is 7.38. The summed E-state index contributed by atoms with van der Waals surface area (Å²) in [5, 5.41) is 2.63. The van der Waals surface area contributed by atoms with E-state index in [9.17, 15) is 19.2 Å². The Bertz CT molecular complexity index is 760. The molecule has 0 radical (unpaired) electrons. The van der Waals surface area contributed by atoms with E-state index in [4.69, 9.17) is 4.74 Å². The highest BCUT2D eigenvalue weighted by Crippen LogP contribution is 2.28. The van der Waals surface area contributed by atoms with Crippen LogP contribution in [0.4, 0.5) is 4.79 Å². The van der Waals surface area contributed by atoms with Crippen LogP contribution in [0.15, 0.2) is 30.3 Å². The van der Waals surface area contributed by atoms with E-state index < -0.39 is 36.1 Å². The van der Waals surface area contributed by atoms with Crippen LogP contribution in [-0.4, -0.2) is 59.4 Å². The van der Waals surface area contributed by atoms with Crippen molar-refractivity contribution in [1.82, 2.24) is 15.1 Å². The van der Waals surface area contributed by atoms with Crippen LogP contribution in [0, 0.1) is 0 Å². The summed E-state index contributed by atoms with van der Waals surface area (Å²) in [4.78, 5) is 51.9. The molecule has 2 saturated heterocycles. The van der Waals surface area contributed by atoms with Crippen LogP contribution < -0.4 is 5.32 Å². The van der Waals surface area contributed by atoms with Crippen molar-refractivity contribution < 1.29 is 23.9 Å². The SMILES string of the molecule is C[C@@H](OC(=O)CN1C(=O)N[C@@](C)(c2ccccc2)C1=O)C(=O)N1CCCC1. The lowest BCUT2D eigenvalue weighted by molar-refractivity contribution is -0.160. The Labute approximate surface area is 157 Å². The van der Waals surface area contributed by atoms with Gasteiger partial charge in [-0.3, -0.25) is 19.3 Å². The minimum Gasteiger partial charge on any atom is -0.451 e. The fraction of sp³-hybridized carbons (Fsp3) is 0.474. The number of nitrogens with zero attached hydrogens (tertiary/aromatic N) is 2. The first-order chi connectivity index (χ1) is 12.8. The molecule has 8 nitrogen and oxygen atoms in total. The molecule has 0 aromatic heterocycles. The van der Waals surface area contributed by atoms with Crippen molar-refractivity contribution in [3.05, 3.63) is 35.9 Å². The number of carbonyl (C=O) groups is 4. The Hall–Kier alpha value is -2.90. The maximum absolute atomic E-state index is 12.8. The van der Waals surface area contributed by atoms with Gasteiger partial charge in [0.05, 0.1) is 0 Å². The molecule has 144 valence electrons. The Morgan fingerprint density at radius 1 is 1.19 bits per heavy atom. The number of ether oxygens (including phenoxy) is 1. The fourth-order valence-electron chi connectivity index (χ4n) is 3.42. The van der Waals surface area contributed by atoms with Gasteiger partial charge in [-0.05, 0) is 32.3 Å². The standard InChI is InChI=1S/C19H23N3O5/c1-13(16(24)21-10-6-7-11-21)27-15(23)12-22-17(25)19(2,20-18(22)26)14-8-4-3-5-9-14/h3-5,8-9,13H,6-7,10-12H2,1-2H3,(H,20,26)/t13-,19+/m1/s1. The molecule has 3 rings (SSSR count). The molecule has 0 aliphatic carbocycles. The monoisotopic (exact) mass is 373 g/mol. The summed E-state index contributed by atoms with van der Waals surface area (Å²) < 4.78 is 5.15. The predicted molar refractivity (Wildman–Crippen MR) is 95.4 cm³/mol. The number of hydrogen-bond acceptors (Lipinski definition) is 5. The summed E-state index contributed by atoms with van der Waals surface area (Å²) in [6.45, 7) is 3.86. The molecule has 2 atom stereocenters. The number of benzene rings is 1. The predicted octanol–water partition coefficient (Wildman–Crippen LogP) is 1.01. The van der Waals surface area contributed by atoms with Crippen LogP contribution >= 0.6 is 0 Å². The number of hydrogen-bond donors (Lipinski definition) is 1. The van der Waals surface area contributed by atoms with Crippen molar-refractivity contribution in [2.75, 3.05) is 19.6 Å². The van der Waals surface area contributed by atoms with Gasteiger partial charge in [-0.2, -0.15) is 0 Å². The van der Waals surface area contributed by atoms with Gasteiger partial charge in [-0.15, -0.1) is 0 Å². The van der Waals surface area contributed by atoms with Gasteiger partial charge in [0.15, 0.2) is 6.10 Å². The molecule has 0 saturated carbocycles. The number of nitrogens with one attached hydrogen (secondary N) is 1. The van der Waals surface area contributed by atoms with Crippen LogP contribution in [0.5, 0.6) is 0 Å². The number of esters is 1. The summed E-state index contributed by atoms with van der Waals surface area (Å²) in [5.41, 5.74) is -0.618. The molecule has 4 amide bonds. The van der Waals surface area contributed by atoms with E-state index in [-0.39, 0.29) is 5.91 Å². The van der Waals surface area contributed by atoms with Crippen LogP contribution in [0.3, 0.4) is 0 Å². The molecule has 27 heavy (non-hydrogen) atoms. The van der Waals surface area contributed by atoms with Crippen LogP contribution in [0.25, 0.3) is 0 Å². The molecule has 1 aromatic rings. The molecule has 1 N–H and O–H groups in total. The maximum atomic E-state index is 12.8. The van der Waals surface area contributed by atoms with E-state index in [1.54, 1.807) is 36.1 Å². The normalized spacial score (nSPS) is 23.3. The number of carbonyl (C=O) groups excluding carboxylic acids is 4. The van der Waals surface area contributed by atoms with Gasteiger partial charge in [-0.1, -0.05) is 30.3 Å². The number of rotatable bonds is 5. The fourth-order valence-corrected chi connectivity index (χ4v) is 3.42. The van der Waals surface area contributed by atoms with Gasteiger partial charge >= 0.3 is 12.0 Å². The average Bonchev–Trinajstić information content (AvgIpc) is 3.26. The highest BCUT2D eigenvalue weighted by molar-refractivity contribution is 6.08. The third-order valence-corrected chi connectivity index (χ3v) is 4.99. The summed E-state index contributed by atoms with van der Waals surface area (Å²) in [7, 11) is 0. The average molecular weight is 373 g/mol. The van der Waals surface area contributed by atoms with Crippen molar-refractivity contribution in [2.45, 2.75) is 38.3 Å². The molecule has 0 bridgehead atoms. The number of amides is 4. The Morgan fingerprint density at radius 3 is 2.44 bits per heavy atom. The van der Waals surface area contributed by atoms with E-state index >= 15 is 0 Å². The molecule has 2 aliphatic rings. The van der Waals surface area contributed by atoms with Crippen molar-refractivity contribution in [3.63, 3.8) is 0 Å². The number of likely N-dealkylation sites (tertiary alicyclic amines) is 1. The lowest BCUT2D eigenvalue weighted by atomic mass is 9.92. The minimum atomic E-state index is -1.24. The molecular weight excluding hydrogens is 350 g/mol. The van der Waals surface area contributed by atoms with E-state index in [2.05, 4.69) is 5.32 Å². The first kappa shape index (κ1) is 18.9. The maximum Gasteiger partial charge on any atom is 0.327 e. The molecule has 0 unspecified atom stereocenters.